The van der Waals surface area contributed by atoms with E-state index in [0.29, 0.717) is 0 Å². The molecule has 0 bridgehead atoms. The van der Waals surface area contributed by atoms with Gasteiger partial charge in [0.2, 0.25) is 0 Å². The number of ether oxygens (including phenoxy) is 1. The lowest BCUT2D eigenvalue weighted by Gasteiger charge is -2.16. The third-order valence-corrected chi connectivity index (χ3v) is 1.39. The number of hydrogen-bond donors (Lipinski definition) is 0. The lowest BCUT2D eigenvalue weighted by molar-refractivity contribution is -0.129. The van der Waals surface area contributed by atoms with E-state index in [-0.39, 0.29) is 11.7 Å². The highest BCUT2D eigenvalue weighted by molar-refractivity contribution is 5.90. The zero-order valence-electron chi connectivity index (χ0n) is 7.39. The molecular formula is C8H15NO2. The molecule has 0 aliphatic heterocycles. The molecule has 0 aliphatic carbocycles. The molecule has 1 amide bonds. The first-order valence-corrected chi connectivity index (χ1v) is 3.61. The summed E-state index contributed by atoms with van der Waals surface area (Å²) in [4.78, 5) is 12.8. The first-order chi connectivity index (χ1) is 5.13. The van der Waals surface area contributed by atoms with Crippen LogP contribution in [0.4, 0.5) is 0 Å². The van der Waals surface area contributed by atoms with Crippen molar-refractivity contribution in [3.8, 4) is 0 Å². The SMILES string of the molecule is C=C(OC)C(=O)N(C)CCC. The average Bonchev–Trinajstić information content (AvgIpc) is 2.02. The van der Waals surface area contributed by atoms with Crippen molar-refractivity contribution in [2.45, 2.75) is 13.3 Å². The smallest absolute Gasteiger partial charge is 0.288 e. The highest BCUT2D eigenvalue weighted by Gasteiger charge is 2.10. The van der Waals surface area contributed by atoms with E-state index in [1.807, 2.05) is 6.92 Å². The summed E-state index contributed by atoms with van der Waals surface area (Å²) in [6, 6.07) is 0. The molecule has 0 saturated carbocycles. The summed E-state index contributed by atoms with van der Waals surface area (Å²) < 4.78 is 4.69. The molecule has 0 aromatic heterocycles. The lowest BCUT2D eigenvalue weighted by atomic mass is 10.4. The molecule has 0 unspecified atom stereocenters. The van der Waals surface area contributed by atoms with Gasteiger partial charge in [-0.2, -0.15) is 0 Å². The molecule has 0 heterocycles. The van der Waals surface area contributed by atoms with E-state index in [1.54, 1.807) is 11.9 Å². The predicted molar refractivity (Wildman–Crippen MR) is 44.1 cm³/mol. The van der Waals surface area contributed by atoms with Crippen LogP contribution in [-0.2, 0) is 9.53 Å². The van der Waals surface area contributed by atoms with Gasteiger partial charge < -0.3 is 9.64 Å². The Kier molecular flexibility index (Phi) is 4.34. The summed E-state index contributed by atoms with van der Waals surface area (Å²) in [6.07, 6.45) is 0.944. The van der Waals surface area contributed by atoms with Crippen LogP contribution < -0.4 is 0 Å². The quantitative estimate of drug-likeness (QED) is 0.450. The summed E-state index contributed by atoms with van der Waals surface area (Å²) in [5, 5.41) is 0. The maximum absolute atomic E-state index is 11.2. The van der Waals surface area contributed by atoms with Gasteiger partial charge in [0.15, 0.2) is 5.76 Å². The Morgan fingerprint density at radius 1 is 1.64 bits per heavy atom. The Labute approximate surface area is 67.6 Å². The molecule has 64 valence electrons. The number of carbonyl (C=O) groups excluding carboxylic acids is 1. The fourth-order valence-electron chi connectivity index (χ4n) is 0.737. The maximum atomic E-state index is 11.2. The third-order valence-electron chi connectivity index (χ3n) is 1.39. The van der Waals surface area contributed by atoms with Gasteiger partial charge in [-0.05, 0) is 6.42 Å². The summed E-state index contributed by atoms with van der Waals surface area (Å²) in [5.41, 5.74) is 0. The molecule has 3 nitrogen and oxygen atoms in total. The molecule has 0 radical (unpaired) electrons. The number of likely N-dealkylation sites (N-methyl/N-ethyl adjacent to an activating group) is 1. The van der Waals surface area contributed by atoms with Crippen molar-refractivity contribution < 1.29 is 9.53 Å². The molecule has 0 spiro atoms. The van der Waals surface area contributed by atoms with Crippen LogP contribution in [0.2, 0.25) is 0 Å². The van der Waals surface area contributed by atoms with Gasteiger partial charge in [-0.25, -0.2) is 0 Å². The fourth-order valence-corrected chi connectivity index (χ4v) is 0.737. The third kappa shape index (κ3) is 3.07. The molecule has 0 saturated heterocycles. The van der Waals surface area contributed by atoms with E-state index >= 15 is 0 Å². The summed E-state index contributed by atoms with van der Waals surface area (Å²) in [6.45, 7) is 6.21. The Morgan fingerprint density at radius 2 is 2.18 bits per heavy atom. The van der Waals surface area contributed by atoms with Gasteiger partial charge in [0, 0.05) is 13.6 Å². The fraction of sp³-hybridized carbons (Fsp3) is 0.625. The van der Waals surface area contributed by atoms with Gasteiger partial charge in [0.25, 0.3) is 5.91 Å². The van der Waals surface area contributed by atoms with Crippen molar-refractivity contribution in [2.75, 3.05) is 20.7 Å². The number of methoxy groups -OCH3 is 1. The van der Waals surface area contributed by atoms with Crippen LogP contribution in [-0.4, -0.2) is 31.5 Å². The second-order valence-corrected chi connectivity index (χ2v) is 2.35. The van der Waals surface area contributed by atoms with Crippen LogP contribution in [0.25, 0.3) is 0 Å². The van der Waals surface area contributed by atoms with Crippen LogP contribution in [0.3, 0.4) is 0 Å². The van der Waals surface area contributed by atoms with Crippen molar-refractivity contribution in [3.63, 3.8) is 0 Å². The second kappa shape index (κ2) is 4.77. The number of rotatable bonds is 4. The maximum Gasteiger partial charge on any atom is 0.288 e. The number of hydrogen-bond acceptors (Lipinski definition) is 2. The predicted octanol–water partition coefficient (Wildman–Crippen LogP) is 1.01. The molecular weight excluding hydrogens is 142 g/mol. The minimum absolute atomic E-state index is 0.144. The molecule has 0 rings (SSSR count). The van der Waals surface area contributed by atoms with Crippen molar-refractivity contribution in [1.82, 2.24) is 4.90 Å². The summed E-state index contributed by atoms with van der Waals surface area (Å²) in [7, 11) is 3.18. The van der Waals surface area contributed by atoms with Crippen molar-refractivity contribution in [3.05, 3.63) is 12.3 Å². The van der Waals surface area contributed by atoms with E-state index in [2.05, 4.69) is 6.58 Å². The van der Waals surface area contributed by atoms with Crippen LogP contribution in [0, 0.1) is 0 Å². The van der Waals surface area contributed by atoms with Crippen LogP contribution >= 0.6 is 0 Å². The van der Waals surface area contributed by atoms with Gasteiger partial charge in [0.05, 0.1) is 7.11 Å². The standard InChI is InChI=1S/C8H15NO2/c1-5-6-9(3)8(10)7(2)11-4/h2,5-6H2,1,3-4H3. The van der Waals surface area contributed by atoms with Gasteiger partial charge in [-0.1, -0.05) is 13.5 Å². The zero-order chi connectivity index (χ0) is 8.85. The Hall–Kier alpha value is -0.990. The normalized spacial score (nSPS) is 9.00. The summed E-state index contributed by atoms with van der Waals surface area (Å²) >= 11 is 0. The van der Waals surface area contributed by atoms with E-state index in [9.17, 15) is 4.79 Å². The van der Waals surface area contributed by atoms with Gasteiger partial charge in [-0.15, -0.1) is 0 Å². The molecule has 0 aliphatic rings. The minimum Gasteiger partial charge on any atom is -0.492 e. The molecule has 11 heavy (non-hydrogen) atoms. The molecule has 0 N–H and O–H groups in total. The first-order valence-electron chi connectivity index (χ1n) is 3.61. The van der Waals surface area contributed by atoms with Crippen LogP contribution in [0.5, 0.6) is 0 Å². The van der Waals surface area contributed by atoms with Crippen molar-refractivity contribution in [2.24, 2.45) is 0 Å². The van der Waals surface area contributed by atoms with Crippen LogP contribution in [0.1, 0.15) is 13.3 Å². The lowest BCUT2D eigenvalue weighted by Crippen LogP contribution is -2.28. The van der Waals surface area contributed by atoms with Crippen molar-refractivity contribution in [1.29, 1.82) is 0 Å². The first kappa shape index (κ1) is 10.0. The molecule has 0 aromatic rings. The minimum atomic E-state index is -0.144. The summed E-state index contributed by atoms with van der Waals surface area (Å²) in [5.74, 6) is 0.0512. The van der Waals surface area contributed by atoms with E-state index in [0.717, 1.165) is 13.0 Å². The monoisotopic (exact) mass is 157 g/mol. The van der Waals surface area contributed by atoms with E-state index < -0.39 is 0 Å². The molecule has 0 atom stereocenters. The Morgan fingerprint density at radius 3 is 2.55 bits per heavy atom. The van der Waals surface area contributed by atoms with E-state index in [4.69, 9.17) is 4.74 Å². The number of amides is 1. The second-order valence-electron chi connectivity index (χ2n) is 2.35. The van der Waals surface area contributed by atoms with Crippen LogP contribution in [0.15, 0.2) is 12.3 Å². The van der Waals surface area contributed by atoms with Gasteiger partial charge in [-0.3, -0.25) is 4.79 Å². The topological polar surface area (TPSA) is 29.5 Å². The van der Waals surface area contributed by atoms with E-state index in [1.165, 1.54) is 7.11 Å². The molecule has 3 heteroatoms. The largest absolute Gasteiger partial charge is 0.492 e. The Balaban J connectivity index is 3.91. The number of carbonyl (C=O) groups is 1. The average molecular weight is 157 g/mol. The molecule has 0 fully saturated rings. The highest BCUT2D eigenvalue weighted by atomic mass is 16.5. The van der Waals surface area contributed by atoms with Gasteiger partial charge >= 0.3 is 0 Å². The zero-order valence-corrected chi connectivity index (χ0v) is 7.39. The van der Waals surface area contributed by atoms with Crippen molar-refractivity contribution >= 4 is 5.91 Å². The Bertz CT molecular complexity index is 154. The molecule has 0 aromatic carbocycles. The highest BCUT2D eigenvalue weighted by Crippen LogP contribution is 1.97. The number of nitrogens with zero attached hydrogens (tertiary/aromatic N) is 1. The van der Waals surface area contributed by atoms with Gasteiger partial charge in [0.1, 0.15) is 0 Å².